The monoisotopic (exact) mass is 256 g/mol. The van der Waals surface area contributed by atoms with Gasteiger partial charge in [-0.05, 0) is 37.7 Å². The Hall–Kier alpha value is -1.42. The van der Waals surface area contributed by atoms with Gasteiger partial charge in [-0.2, -0.15) is 0 Å². The lowest BCUT2D eigenvalue weighted by molar-refractivity contribution is 0.174. The average molecular weight is 256 g/mol. The molecule has 2 aromatic rings. The molecule has 2 N–H and O–H groups in total. The van der Waals surface area contributed by atoms with Gasteiger partial charge in [-0.3, -0.25) is 4.98 Å². The van der Waals surface area contributed by atoms with Gasteiger partial charge in [-0.25, -0.2) is 4.98 Å². The Morgan fingerprint density at radius 1 is 1.11 bits per heavy atom. The van der Waals surface area contributed by atoms with Gasteiger partial charge in [0.2, 0.25) is 0 Å². The zero-order valence-corrected chi connectivity index (χ0v) is 11.1. The molecule has 0 amide bonds. The molecule has 4 heteroatoms. The van der Waals surface area contributed by atoms with E-state index in [1.807, 2.05) is 12.3 Å². The zero-order valence-electron chi connectivity index (χ0n) is 11.1. The molecule has 2 aromatic heterocycles. The van der Waals surface area contributed by atoms with Crippen LogP contribution in [0, 0.1) is 5.92 Å². The van der Waals surface area contributed by atoms with Crippen LogP contribution in [0.15, 0.2) is 18.5 Å². The SMILES string of the molecule is c1cc2nc(C3CCC4CCCCC4N3)[nH]c2cn1. The number of hydrogen-bond acceptors (Lipinski definition) is 3. The van der Waals surface area contributed by atoms with Crippen LogP contribution in [0.3, 0.4) is 0 Å². The predicted molar refractivity (Wildman–Crippen MR) is 74.7 cm³/mol. The second kappa shape index (κ2) is 4.60. The van der Waals surface area contributed by atoms with Crippen LogP contribution in [0.1, 0.15) is 50.4 Å². The maximum Gasteiger partial charge on any atom is 0.124 e. The molecule has 1 aliphatic carbocycles. The van der Waals surface area contributed by atoms with Crippen LogP contribution >= 0.6 is 0 Å². The Labute approximate surface area is 113 Å². The number of aromatic nitrogens is 3. The van der Waals surface area contributed by atoms with Crippen molar-refractivity contribution in [2.45, 2.75) is 50.6 Å². The molecular formula is C15H20N4. The van der Waals surface area contributed by atoms with Crippen LogP contribution in [0.5, 0.6) is 0 Å². The summed E-state index contributed by atoms with van der Waals surface area (Å²) in [5, 5.41) is 3.82. The summed E-state index contributed by atoms with van der Waals surface area (Å²) in [4.78, 5) is 12.3. The van der Waals surface area contributed by atoms with Gasteiger partial charge in [0.05, 0.1) is 23.3 Å². The van der Waals surface area contributed by atoms with E-state index in [1.54, 1.807) is 6.20 Å². The second-order valence-electron chi connectivity index (χ2n) is 5.96. The Morgan fingerprint density at radius 2 is 2.05 bits per heavy atom. The Kier molecular flexibility index (Phi) is 2.76. The molecule has 3 atom stereocenters. The minimum atomic E-state index is 0.395. The topological polar surface area (TPSA) is 53.6 Å². The van der Waals surface area contributed by atoms with E-state index in [4.69, 9.17) is 4.98 Å². The summed E-state index contributed by atoms with van der Waals surface area (Å²) in [6.07, 6.45) is 11.8. The van der Waals surface area contributed by atoms with Gasteiger partial charge in [0.25, 0.3) is 0 Å². The lowest BCUT2D eigenvalue weighted by Gasteiger charge is -2.39. The largest absolute Gasteiger partial charge is 0.339 e. The van der Waals surface area contributed by atoms with Gasteiger partial charge in [0.1, 0.15) is 5.82 Å². The normalized spacial score (nSPS) is 31.3. The lowest BCUT2D eigenvalue weighted by Crippen LogP contribution is -2.45. The number of H-pyrrole nitrogens is 1. The third-order valence-electron chi connectivity index (χ3n) is 4.78. The number of pyridine rings is 1. The van der Waals surface area contributed by atoms with E-state index >= 15 is 0 Å². The van der Waals surface area contributed by atoms with Crippen molar-refractivity contribution in [1.29, 1.82) is 0 Å². The van der Waals surface area contributed by atoms with Crippen LogP contribution in [-0.2, 0) is 0 Å². The molecule has 3 unspecified atom stereocenters. The first kappa shape index (κ1) is 11.4. The number of hydrogen-bond donors (Lipinski definition) is 2. The van der Waals surface area contributed by atoms with Crippen LogP contribution in [0.2, 0.25) is 0 Å². The predicted octanol–water partition coefficient (Wildman–Crippen LogP) is 2.94. The molecule has 1 saturated carbocycles. The fraction of sp³-hybridized carbons (Fsp3) is 0.600. The van der Waals surface area contributed by atoms with Crippen molar-refractivity contribution in [3.05, 3.63) is 24.3 Å². The average Bonchev–Trinajstić information content (AvgIpc) is 2.90. The van der Waals surface area contributed by atoms with Crippen LogP contribution in [-0.4, -0.2) is 21.0 Å². The number of imidazole rings is 1. The van der Waals surface area contributed by atoms with Crippen LogP contribution in [0.25, 0.3) is 11.0 Å². The van der Waals surface area contributed by atoms with Gasteiger partial charge in [-0.1, -0.05) is 12.8 Å². The number of rotatable bonds is 1. The van der Waals surface area contributed by atoms with Crippen molar-refractivity contribution in [2.75, 3.05) is 0 Å². The minimum Gasteiger partial charge on any atom is -0.339 e. The summed E-state index contributed by atoms with van der Waals surface area (Å²) >= 11 is 0. The molecule has 4 nitrogen and oxygen atoms in total. The van der Waals surface area contributed by atoms with Gasteiger partial charge < -0.3 is 10.3 Å². The standard InChI is InChI=1S/C15H20N4/c1-2-4-11-10(3-1)5-6-13(17-11)15-18-12-7-8-16-9-14(12)19-15/h7-11,13,17H,1-6H2,(H,18,19). The molecule has 0 radical (unpaired) electrons. The highest BCUT2D eigenvalue weighted by molar-refractivity contribution is 5.73. The maximum absolute atomic E-state index is 4.72. The summed E-state index contributed by atoms with van der Waals surface area (Å²) in [5.74, 6) is 1.99. The van der Waals surface area contributed by atoms with Crippen LogP contribution < -0.4 is 5.32 Å². The van der Waals surface area contributed by atoms with Gasteiger partial charge in [0, 0.05) is 12.2 Å². The molecule has 0 spiro atoms. The van der Waals surface area contributed by atoms with Gasteiger partial charge >= 0.3 is 0 Å². The highest BCUT2D eigenvalue weighted by atomic mass is 15.1. The van der Waals surface area contributed by atoms with Crippen molar-refractivity contribution < 1.29 is 0 Å². The molecule has 4 rings (SSSR count). The summed E-state index contributed by atoms with van der Waals surface area (Å²) in [7, 11) is 0. The molecule has 1 saturated heterocycles. The fourth-order valence-corrected chi connectivity index (χ4v) is 3.75. The van der Waals surface area contributed by atoms with Crippen molar-refractivity contribution in [3.63, 3.8) is 0 Å². The number of piperidine rings is 1. The van der Waals surface area contributed by atoms with E-state index in [2.05, 4.69) is 15.3 Å². The van der Waals surface area contributed by atoms with Crippen molar-refractivity contribution >= 4 is 11.0 Å². The van der Waals surface area contributed by atoms with E-state index in [0.29, 0.717) is 12.1 Å². The number of nitrogens with zero attached hydrogens (tertiary/aromatic N) is 2. The first-order chi connectivity index (χ1) is 9.40. The Bertz CT molecular complexity index is 543. The lowest BCUT2D eigenvalue weighted by atomic mass is 9.77. The second-order valence-corrected chi connectivity index (χ2v) is 5.96. The third kappa shape index (κ3) is 2.04. The first-order valence-electron chi connectivity index (χ1n) is 7.46. The molecule has 3 heterocycles. The van der Waals surface area contributed by atoms with Crippen LogP contribution in [0.4, 0.5) is 0 Å². The number of nitrogens with one attached hydrogen (secondary N) is 2. The van der Waals surface area contributed by atoms with Gasteiger partial charge in [0.15, 0.2) is 0 Å². The molecule has 1 aliphatic heterocycles. The molecule has 0 aromatic carbocycles. The molecule has 2 fully saturated rings. The van der Waals surface area contributed by atoms with E-state index in [-0.39, 0.29) is 0 Å². The van der Waals surface area contributed by atoms with E-state index < -0.39 is 0 Å². The summed E-state index contributed by atoms with van der Waals surface area (Å²) < 4.78 is 0. The van der Waals surface area contributed by atoms with Gasteiger partial charge in [-0.15, -0.1) is 0 Å². The van der Waals surface area contributed by atoms with Crippen molar-refractivity contribution in [2.24, 2.45) is 5.92 Å². The molecule has 100 valence electrons. The Morgan fingerprint density at radius 3 is 3.00 bits per heavy atom. The molecule has 2 aliphatic rings. The number of fused-ring (bicyclic) bond motifs is 2. The smallest absolute Gasteiger partial charge is 0.124 e. The van der Waals surface area contributed by atoms with E-state index in [1.165, 1.54) is 38.5 Å². The maximum atomic E-state index is 4.72. The zero-order chi connectivity index (χ0) is 12.7. The highest BCUT2D eigenvalue weighted by Crippen LogP contribution is 2.36. The quantitative estimate of drug-likeness (QED) is 0.824. The summed E-state index contributed by atoms with van der Waals surface area (Å²) in [5.41, 5.74) is 2.07. The Balaban J connectivity index is 1.58. The first-order valence-corrected chi connectivity index (χ1v) is 7.46. The summed E-state index contributed by atoms with van der Waals surface area (Å²) in [6, 6.07) is 3.08. The molecule has 0 bridgehead atoms. The minimum absolute atomic E-state index is 0.395. The van der Waals surface area contributed by atoms with Crippen molar-refractivity contribution in [3.8, 4) is 0 Å². The molecular weight excluding hydrogens is 236 g/mol. The van der Waals surface area contributed by atoms with E-state index in [9.17, 15) is 0 Å². The molecule has 19 heavy (non-hydrogen) atoms. The van der Waals surface area contributed by atoms with Crippen molar-refractivity contribution in [1.82, 2.24) is 20.3 Å². The highest BCUT2D eigenvalue weighted by Gasteiger charge is 2.33. The third-order valence-corrected chi connectivity index (χ3v) is 4.78. The summed E-state index contributed by atoms with van der Waals surface area (Å²) in [6.45, 7) is 0. The fourth-order valence-electron chi connectivity index (χ4n) is 3.75. The van der Waals surface area contributed by atoms with E-state index in [0.717, 1.165) is 22.8 Å². The number of aromatic amines is 1.